The third-order valence-electron chi connectivity index (χ3n) is 2.89. The number of nitrogens with one attached hydrogen (secondary N) is 1. The highest BCUT2D eigenvalue weighted by atomic mass is 35.5. The molecular formula is C9H19ClN2O2S. The molecule has 6 heteroatoms. The van der Waals surface area contributed by atoms with E-state index in [9.17, 15) is 8.42 Å². The Kier molecular flexibility index (Phi) is 4.83. The molecule has 1 saturated carbocycles. The normalized spacial score (nSPS) is 28.3. The van der Waals surface area contributed by atoms with Crippen molar-refractivity contribution < 1.29 is 8.42 Å². The predicted octanol–water partition coefficient (Wildman–Crippen LogP) is 1.18. The molecule has 15 heavy (non-hydrogen) atoms. The number of alkyl halides is 1. The molecule has 0 aromatic carbocycles. The van der Waals surface area contributed by atoms with Crippen molar-refractivity contribution in [3.8, 4) is 0 Å². The molecule has 0 aromatic rings. The summed E-state index contributed by atoms with van der Waals surface area (Å²) in [6.45, 7) is 0. The summed E-state index contributed by atoms with van der Waals surface area (Å²) in [5.41, 5.74) is 0. The van der Waals surface area contributed by atoms with Crippen LogP contribution >= 0.6 is 11.6 Å². The van der Waals surface area contributed by atoms with E-state index in [1.54, 1.807) is 0 Å². The third-order valence-corrected chi connectivity index (χ3v) is 4.85. The van der Waals surface area contributed by atoms with Crippen LogP contribution in [-0.2, 0) is 10.2 Å². The second kappa shape index (κ2) is 5.48. The number of rotatable bonds is 4. The van der Waals surface area contributed by atoms with Gasteiger partial charge in [0, 0.05) is 26.0 Å². The summed E-state index contributed by atoms with van der Waals surface area (Å²) < 4.78 is 27.2. The van der Waals surface area contributed by atoms with Crippen LogP contribution in [0.2, 0.25) is 0 Å². The molecule has 1 N–H and O–H groups in total. The zero-order chi connectivity index (χ0) is 11.5. The molecule has 2 unspecified atom stereocenters. The Hall–Kier alpha value is 0.160. The van der Waals surface area contributed by atoms with Crippen molar-refractivity contribution in [1.29, 1.82) is 0 Å². The van der Waals surface area contributed by atoms with Crippen molar-refractivity contribution in [1.82, 2.24) is 9.03 Å². The van der Waals surface area contributed by atoms with Gasteiger partial charge in [-0.3, -0.25) is 0 Å². The van der Waals surface area contributed by atoms with E-state index >= 15 is 0 Å². The van der Waals surface area contributed by atoms with Gasteiger partial charge in [0.25, 0.3) is 10.2 Å². The fourth-order valence-corrected chi connectivity index (χ4v) is 3.12. The summed E-state index contributed by atoms with van der Waals surface area (Å²) in [6.07, 6.45) is 4.14. The highest BCUT2D eigenvalue weighted by molar-refractivity contribution is 7.87. The average Bonchev–Trinajstić information content (AvgIpc) is 2.18. The van der Waals surface area contributed by atoms with Crippen LogP contribution < -0.4 is 4.72 Å². The summed E-state index contributed by atoms with van der Waals surface area (Å²) in [7, 11) is -0.259. The Labute approximate surface area is 97.2 Å². The monoisotopic (exact) mass is 254 g/mol. The van der Waals surface area contributed by atoms with Crippen LogP contribution in [0.1, 0.15) is 25.7 Å². The Morgan fingerprint density at radius 1 is 1.33 bits per heavy atom. The van der Waals surface area contributed by atoms with Crippen LogP contribution in [0.4, 0.5) is 0 Å². The average molecular weight is 255 g/mol. The molecule has 0 aliphatic heterocycles. The maximum absolute atomic E-state index is 11.6. The van der Waals surface area contributed by atoms with Crippen molar-refractivity contribution in [2.75, 3.05) is 20.0 Å². The van der Waals surface area contributed by atoms with Crippen LogP contribution in [0, 0.1) is 5.92 Å². The Morgan fingerprint density at radius 3 is 2.47 bits per heavy atom. The van der Waals surface area contributed by atoms with Crippen molar-refractivity contribution >= 4 is 21.8 Å². The quantitative estimate of drug-likeness (QED) is 0.766. The largest absolute Gasteiger partial charge is 0.279 e. The highest BCUT2D eigenvalue weighted by Gasteiger charge is 2.28. The van der Waals surface area contributed by atoms with E-state index in [-0.39, 0.29) is 12.0 Å². The van der Waals surface area contributed by atoms with Crippen LogP contribution in [0.3, 0.4) is 0 Å². The minimum atomic E-state index is -3.32. The van der Waals surface area contributed by atoms with E-state index < -0.39 is 10.2 Å². The van der Waals surface area contributed by atoms with Crippen molar-refractivity contribution in [2.24, 2.45) is 5.92 Å². The van der Waals surface area contributed by atoms with Gasteiger partial charge in [-0.1, -0.05) is 12.8 Å². The Balaban J connectivity index is 2.63. The van der Waals surface area contributed by atoms with Crippen molar-refractivity contribution in [3.05, 3.63) is 0 Å². The van der Waals surface area contributed by atoms with E-state index in [2.05, 4.69) is 4.72 Å². The van der Waals surface area contributed by atoms with Gasteiger partial charge < -0.3 is 0 Å². The van der Waals surface area contributed by atoms with Gasteiger partial charge in [-0.05, 0) is 18.8 Å². The van der Waals surface area contributed by atoms with Gasteiger partial charge >= 0.3 is 0 Å². The molecule has 0 bridgehead atoms. The molecular weight excluding hydrogens is 236 g/mol. The second-order valence-electron chi connectivity index (χ2n) is 4.21. The zero-order valence-corrected chi connectivity index (χ0v) is 10.8. The van der Waals surface area contributed by atoms with Gasteiger partial charge in [-0.15, -0.1) is 11.6 Å². The molecule has 0 spiro atoms. The summed E-state index contributed by atoms with van der Waals surface area (Å²) in [6, 6.07) is 0.00338. The third kappa shape index (κ3) is 3.59. The molecule has 1 aliphatic rings. The van der Waals surface area contributed by atoms with Crippen molar-refractivity contribution in [2.45, 2.75) is 31.7 Å². The lowest BCUT2D eigenvalue weighted by molar-refractivity contribution is 0.309. The summed E-state index contributed by atoms with van der Waals surface area (Å²) in [4.78, 5) is 0. The first-order valence-corrected chi connectivity index (χ1v) is 7.20. The van der Waals surface area contributed by atoms with Gasteiger partial charge in [0.2, 0.25) is 0 Å². The van der Waals surface area contributed by atoms with Gasteiger partial charge in [0.05, 0.1) is 0 Å². The first-order valence-electron chi connectivity index (χ1n) is 5.23. The molecule has 0 saturated heterocycles. The lowest BCUT2D eigenvalue weighted by atomic mass is 9.86. The van der Waals surface area contributed by atoms with E-state index in [1.165, 1.54) is 18.4 Å². The summed E-state index contributed by atoms with van der Waals surface area (Å²) in [5, 5.41) is 0. The molecule has 90 valence electrons. The fraction of sp³-hybridized carbons (Fsp3) is 1.00. The maximum Gasteiger partial charge on any atom is 0.279 e. The molecule has 0 radical (unpaired) electrons. The second-order valence-corrected chi connectivity index (χ2v) is 6.44. The van der Waals surface area contributed by atoms with Gasteiger partial charge in [0.1, 0.15) is 0 Å². The van der Waals surface area contributed by atoms with Gasteiger partial charge in [0.15, 0.2) is 0 Å². The SMILES string of the molecule is CN(C)S(=O)(=O)NC1CCCCC1CCl. The Bertz CT molecular complexity index is 292. The minimum absolute atomic E-state index is 0.00338. The molecule has 0 amide bonds. The molecule has 1 aliphatic carbocycles. The smallest absolute Gasteiger partial charge is 0.199 e. The predicted molar refractivity (Wildman–Crippen MR) is 62.2 cm³/mol. The van der Waals surface area contributed by atoms with Gasteiger partial charge in [-0.25, -0.2) is 0 Å². The summed E-state index contributed by atoms with van der Waals surface area (Å²) in [5.74, 6) is 0.802. The topological polar surface area (TPSA) is 49.4 Å². The lowest BCUT2D eigenvalue weighted by Crippen LogP contribution is -2.47. The standard InChI is InChI=1S/C9H19ClN2O2S/c1-12(2)15(13,14)11-9-6-4-3-5-8(9)7-10/h8-9,11H,3-7H2,1-2H3. The highest BCUT2D eigenvalue weighted by Crippen LogP contribution is 2.25. The number of hydrogen-bond acceptors (Lipinski definition) is 2. The first-order chi connectivity index (χ1) is 6.97. The van der Waals surface area contributed by atoms with E-state index in [0.717, 1.165) is 25.7 Å². The molecule has 1 rings (SSSR count). The van der Waals surface area contributed by atoms with Crippen LogP contribution in [-0.4, -0.2) is 38.7 Å². The van der Waals surface area contributed by atoms with E-state index in [1.807, 2.05) is 0 Å². The van der Waals surface area contributed by atoms with E-state index in [4.69, 9.17) is 11.6 Å². The maximum atomic E-state index is 11.6. The molecule has 2 atom stereocenters. The molecule has 0 aromatic heterocycles. The number of nitrogens with zero attached hydrogens (tertiary/aromatic N) is 1. The molecule has 0 heterocycles. The summed E-state index contributed by atoms with van der Waals surface area (Å²) >= 11 is 5.84. The minimum Gasteiger partial charge on any atom is -0.199 e. The molecule has 4 nitrogen and oxygen atoms in total. The van der Waals surface area contributed by atoms with Gasteiger partial charge in [-0.2, -0.15) is 17.4 Å². The number of hydrogen-bond donors (Lipinski definition) is 1. The lowest BCUT2D eigenvalue weighted by Gasteiger charge is -2.31. The number of halogens is 1. The van der Waals surface area contributed by atoms with Crippen LogP contribution in [0.25, 0.3) is 0 Å². The van der Waals surface area contributed by atoms with Crippen LogP contribution in [0.5, 0.6) is 0 Å². The van der Waals surface area contributed by atoms with Crippen LogP contribution in [0.15, 0.2) is 0 Å². The first kappa shape index (κ1) is 13.2. The van der Waals surface area contributed by atoms with Crippen molar-refractivity contribution in [3.63, 3.8) is 0 Å². The molecule has 1 fully saturated rings. The zero-order valence-electron chi connectivity index (χ0n) is 9.24. The Morgan fingerprint density at radius 2 is 1.93 bits per heavy atom. The van der Waals surface area contributed by atoms with E-state index in [0.29, 0.717) is 5.88 Å². The fourth-order valence-electron chi connectivity index (χ4n) is 1.84.